The van der Waals surface area contributed by atoms with Crippen LogP contribution in [0, 0.1) is 0 Å². The number of morpholine rings is 1. The van der Waals surface area contributed by atoms with E-state index in [-0.39, 0.29) is 5.97 Å². The lowest BCUT2D eigenvalue weighted by atomic mass is 10.2. The van der Waals surface area contributed by atoms with Crippen LogP contribution in [0.1, 0.15) is 19.3 Å². The van der Waals surface area contributed by atoms with Crippen molar-refractivity contribution in [1.29, 1.82) is 0 Å². The number of carbonyl (C=O) groups excluding carboxylic acids is 1. The smallest absolute Gasteiger partial charge is 0.336 e. The number of unbranched alkanes of at least 4 members (excludes halogenated alkanes) is 2. The van der Waals surface area contributed by atoms with E-state index in [9.17, 15) is 4.79 Å². The van der Waals surface area contributed by atoms with Crippen molar-refractivity contribution in [2.75, 3.05) is 39.9 Å². The zero-order valence-corrected chi connectivity index (χ0v) is 9.98. The molecule has 16 heavy (non-hydrogen) atoms. The van der Waals surface area contributed by atoms with E-state index in [0.717, 1.165) is 38.9 Å². The van der Waals surface area contributed by atoms with E-state index < -0.39 is 6.10 Å². The average Bonchev–Trinajstić information content (AvgIpc) is 2.34. The van der Waals surface area contributed by atoms with Crippen LogP contribution in [-0.2, 0) is 14.3 Å². The Balaban J connectivity index is 2.20. The van der Waals surface area contributed by atoms with Crippen molar-refractivity contribution in [3.8, 4) is 0 Å². The number of nitrogens with zero attached hydrogens (tertiary/aromatic N) is 1. The predicted molar refractivity (Wildman–Crippen MR) is 61.1 cm³/mol. The third-order valence-electron chi connectivity index (χ3n) is 2.79. The lowest BCUT2D eigenvalue weighted by Gasteiger charge is -2.31. The lowest BCUT2D eigenvalue weighted by molar-refractivity contribution is -0.159. The molecule has 1 aliphatic rings. The van der Waals surface area contributed by atoms with Gasteiger partial charge in [-0.1, -0.05) is 6.42 Å². The Hall–Kier alpha value is -0.650. The van der Waals surface area contributed by atoms with Crippen molar-refractivity contribution in [2.45, 2.75) is 25.4 Å². The molecule has 0 radical (unpaired) electrons. The SMILES string of the molecule is COC(=O)C1CN(CCCCCN)CCO1. The van der Waals surface area contributed by atoms with Crippen LogP contribution in [0.2, 0.25) is 0 Å². The highest BCUT2D eigenvalue weighted by molar-refractivity contribution is 5.74. The van der Waals surface area contributed by atoms with Crippen molar-refractivity contribution in [3.63, 3.8) is 0 Å². The maximum atomic E-state index is 11.3. The van der Waals surface area contributed by atoms with E-state index in [1.807, 2.05) is 0 Å². The third kappa shape index (κ3) is 4.47. The molecular formula is C11H22N2O3. The summed E-state index contributed by atoms with van der Waals surface area (Å²) in [5.74, 6) is -0.272. The summed E-state index contributed by atoms with van der Waals surface area (Å²) in [5.41, 5.74) is 5.43. The van der Waals surface area contributed by atoms with Crippen molar-refractivity contribution in [3.05, 3.63) is 0 Å². The molecule has 1 fully saturated rings. The van der Waals surface area contributed by atoms with Gasteiger partial charge in [0.25, 0.3) is 0 Å². The van der Waals surface area contributed by atoms with Crippen molar-refractivity contribution in [1.82, 2.24) is 4.90 Å². The topological polar surface area (TPSA) is 64.8 Å². The first-order valence-corrected chi connectivity index (χ1v) is 5.89. The second-order valence-electron chi connectivity index (χ2n) is 4.03. The van der Waals surface area contributed by atoms with Gasteiger partial charge in [-0.2, -0.15) is 0 Å². The van der Waals surface area contributed by atoms with Gasteiger partial charge in [-0.05, 0) is 25.9 Å². The second kappa shape index (κ2) is 7.60. The molecule has 0 spiro atoms. The Labute approximate surface area is 96.9 Å². The van der Waals surface area contributed by atoms with Crippen LogP contribution < -0.4 is 5.73 Å². The molecule has 2 N–H and O–H groups in total. The fourth-order valence-electron chi connectivity index (χ4n) is 1.84. The molecule has 0 bridgehead atoms. The Morgan fingerprint density at radius 1 is 1.50 bits per heavy atom. The van der Waals surface area contributed by atoms with Gasteiger partial charge >= 0.3 is 5.97 Å². The Morgan fingerprint density at radius 2 is 2.31 bits per heavy atom. The van der Waals surface area contributed by atoms with E-state index in [1.54, 1.807) is 0 Å². The zero-order valence-electron chi connectivity index (χ0n) is 9.98. The average molecular weight is 230 g/mol. The quantitative estimate of drug-likeness (QED) is 0.513. The molecule has 1 heterocycles. The maximum Gasteiger partial charge on any atom is 0.336 e. The van der Waals surface area contributed by atoms with Gasteiger partial charge in [0.05, 0.1) is 13.7 Å². The number of nitrogens with two attached hydrogens (primary N) is 1. The molecule has 0 aromatic carbocycles. The first-order valence-electron chi connectivity index (χ1n) is 5.89. The van der Waals surface area contributed by atoms with Gasteiger partial charge in [0.1, 0.15) is 0 Å². The number of ether oxygens (including phenoxy) is 2. The van der Waals surface area contributed by atoms with Crippen LogP contribution in [0.5, 0.6) is 0 Å². The van der Waals surface area contributed by atoms with Crippen LogP contribution >= 0.6 is 0 Å². The van der Waals surface area contributed by atoms with Crippen LogP contribution in [0.4, 0.5) is 0 Å². The van der Waals surface area contributed by atoms with Gasteiger partial charge < -0.3 is 15.2 Å². The molecule has 0 aromatic heterocycles. The van der Waals surface area contributed by atoms with Gasteiger partial charge in [-0.15, -0.1) is 0 Å². The fraction of sp³-hybridized carbons (Fsp3) is 0.909. The Bertz CT molecular complexity index is 211. The van der Waals surface area contributed by atoms with E-state index >= 15 is 0 Å². The molecule has 0 aromatic rings. The molecule has 1 aliphatic heterocycles. The van der Waals surface area contributed by atoms with E-state index in [0.29, 0.717) is 13.2 Å². The number of hydrogen-bond acceptors (Lipinski definition) is 5. The Kier molecular flexibility index (Phi) is 6.37. The number of carbonyl (C=O) groups is 1. The second-order valence-corrected chi connectivity index (χ2v) is 4.03. The number of esters is 1. The minimum Gasteiger partial charge on any atom is -0.467 e. The fourth-order valence-corrected chi connectivity index (χ4v) is 1.84. The van der Waals surface area contributed by atoms with Gasteiger partial charge in [0.15, 0.2) is 6.10 Å². The summed E-state index contributed by atoms with van der Waals surface area (Å²) < 4.78 is 10.0. The van der Waals surface area contributed by atoms with E-state index in [2.05, 4.69) is 9.64 Å². The summed E-state index contributed by atoms with van der Waals surface area (Å²) in [7, 11) is 1.39. The summed E-state index contributed by atoms with van der Waals surface area (Å²) in [6, 6.07) is 0. The standard InChI is InChI=1S/C11H22N2O3/c1-15-11(14)10-9-13(7-8-16-10)6-4-2-3-5-12/h10H,2-9,12H2,1H3. The highest BCUT2D eigenvalue weighted by Gasteiger charge is 2.26. The summed E-state index contributed by atoms with van der Waals surface area (Å²) in [6.45, 7) is 3.92. The molecule has 0 aliphatic carbocycles. The number of rotatable bonds is 6. The van der Waals surface area contributed by atoms with Gasteiger partial charge in [-0.3, -0.25) is 4.90 Å². The van der Waals surface area contributed by atoms with Gasteiger partial charge in [-0.25, -0.2) is 4.79 Å². The lowest BCUT2D eigenvalue weighted by Crippen LogP contribution is -2.46. The molecule has 1 saturated heterocycles. The molecule has 94 valence electrons. The molecule has 5 nitrogen and oxygen atoms in total. The predicted octanol–water partition coefficient (Wildman–Crippen LogP) is -0.0108. The largest absolute Gasteiger partial charge is 0.467 e. The molecule has 0 saturated carbocycles. The molecule has 0 amide bonds. The number of hydrogen-bond donors (Lipinski definition) is 1. The van der Waals surface area contributed by atoms with Crippen molar-refractivity contribution < 1.29 is 14.3 Å². The zero-order chi connectivity index (χ0) is 11.8. The van der Waals surface area contributed by atoms with Crippen LogP contribution in [0.25, 0.3) is 0 Å². The summed E-state index contributed by atoms with van der Waals surface area (Å²) >= 11 is 0. The maximum absolute atomic E-state index is 11.3. The van der Waals surface area contributed by atoms with Crippen molar-refractivity contribution in [2.24, 2.45) is 5.73 Å². The molecule has 5 heteroatoms. The van der Waals surface area contributed by atoms with Crippen LogP contribution in [0.15, 0.2) is 0 Å². The minimum absolute atomic E-state index is 0.272. The number of methoxy groups -OCH3 is 1. The monoisotopic (exact) mass is 230 g/mol. The minimum atomic E-state index is -0.409. The van der Waals surface area contributed by atoms with E-state index in [1.165, 1.54) is 7.11 Å². The van der Waals surface area contributed by atoms with Gasteiger partial charge in [0.2, 0.25) is 0 Å². The first kappa shape index (κ1) is 13.4. The Morgan fingerprint density at radius 3 is 3.00 bits per heavy atom. The highest BCUT2D eigenvalue weighted by Crippen LogP contribution is 2.08. The highest BCUT2D eigenvalue weighted by atomic mass is 16.6. The molecular weight excluding hydrogens is 208 g/mol. The first-order chi connectivity index (χ1) is 7.77. The summed E-state index contributed by atoms with van der Waals surface area (Å²) in [4.78, 5) is 13.5. The molecule has 1 unspecified atom stereocenters. The van der Waals surface area contributed by atoms with E-state index in [4.69, 9.17) is 10.5 Å². The van der Waals surface area contributed by atoms with Crippen molar-refractivity contribution >= 4 is 5.97 Å². The molecule has 1 rings (SSSR count). The van der Waals surface area contributed by atoms with Crippen LogP contribution in [0.3, 0.4) is 0 Å². The third-order valence-corrected chi connectivity index (χ3v) is 2.79. The normalized spacial score (nSPS) is 22.0. The van der Waals surface area contributed by atoms with Crippen LogP contribution in [-0.4, -0.2) is 56.9 Å². The summed E-state index contributed by atoms with van der Waals surface area (Å²) in [5, 5.41) is 0. The molecule has 1 atom stereocenters. The summed E-state index contributed by atoms with van der Waals surface area (Å²) in [6.07, 6.45) is 2.94. The van der Waals surface area contributed by atoms with Gasteiger partial charge in [0, 0.05) is 13.1 Å².